The van der Waals surface area contributed by atoms with Crippen LogP contribution in [0, 0.1) is 0 Å². The fourth-order valence-electron chi connectivity index (χ4n) is 1.23. The lowest BCUT2D eigenvalue weighted by Crippen LogP contribution is -2.15. The smallest absolute Gasteiger partial charge is 0.0762 e. The summed E-state index contributed by atoms with van der Waals surface area (Å²) >= 11 is 3.30. The van der Waals surface area contributed by atoms with E-state index in [0.717, 1.165) is 29.7 Å². The summed E-state index contributed by atoms with van der Waals surface area (Å²) in [6.07, 6.45) is 3.14. The van der Waals surface area contributed by atoms with Crippen LogP contribution in [0.3, 0.4) is 0 Å². The molecular formula is C11H18BrN3. The second-order valence-electron chi connectivity index (χ2n) is 3.67. The van der Waals surface area contributed by atoms with Crippen molar-refractivity contribution in [1.29, 1.82) is 0 Å². The zero-order valence-electron chi connectivity index (χ0n) is 9.33. The molecule has 0 aromatic carbocycles. The quantitative estimate of drug-likeness (QED) is 0.863. The molecule has 1 rings (SSSR count). The van der Waals surface area contributed by atoms with Gasteiger partial charge in [-0.2, -0.15) is 5.10 Å². The molecule has 0 fully saturated rings. The first-order valence-corrected chi connectivity index (χ1v) is 6.00. The lowest BCUT2D eigenvalue weighted by Gasteiger charge is -2.08. The Morgan fingerprint density at radius 1 is 1.73 bits per heavy atom. The maximum Gasteiger partial charge on any atom is 0.0762 e. The first-order chi connectivity index (χ1) is 7.13. The highest BCUT2D eigenvalue weighted by molar-refractivity contribution is 9.11. The van der Waals surface area contributed by atoms with E-state index in [9.17, 15) is 0 Å². The predicted molar refractivity (Wildman–Crippen MR) is 67.0 cm³/mol. The van der Waals surface area contributed by atoms with Gasteiger partial charge in [-0.15, -0.1) is 0 Å². The van der Waals surface area contributed by atoms with Crippen LogP contribution >= 0.6 is 15.9 Å². The monoisotopic (exact) mass is 271 g/mol. The molecule has 84 valence electrons. The molecule has 0 saturated carbocycles. The summed E-state index contributed by atoms with van der Waals surface area (Å²) in [6, 6.07) is 2.53. The second-order valence-corrected chi connectivity index (χ2v) is 4.79. The minimum absolute atomic E-state index is 0.477. The van der Waals surface area contributed by atoms with E-state index < -0.39 is 0 Å². The van der Waals surface area contributed by atoms with Gasteiger partial charge < -0.3 is 5.32 Å². The van der Waals surface area contributed by atoms with Gasteiger partial charge in [-0.1, -0.05) is 29.4 Å². The maximum atomic E-state index is 4.49. The third-order valence-electron chi connectivity index (χ3n) is 2.33. The van der Waals surface area contributed by atoms with Crippen molar-refractivity contribution in [2.45, 2.75) is 32.9 Å². The Bertz CT molecular complexity index is 319. The predicted octanol–water partition coefficient (Wildman–Crippen LogP) is 2.85. The van der Waals surface area contributed by atoms with Crippen molar-refractivity contribution in [3.8, 4) is 0 Å². The summed E-state index contributed by atoms with van der Waals surface area (Å²) in [6.45, 7) is 9.66. The van der Waals surface area contributed by atoms with E-state index >= 15 is 0 Å². The number of aromatic nitrogens is 2. The summed E-state index contributed by atoms with van der Waals surface area (Å²) in [5, 5.41) is 7.74. The highest BCUT2D eigenvalue weighted by Crippen LogP contribution is 2.09. The number of halogens is 1. The van der Waals surface area contributed by atoms with Gasteiger partial charge in [0.05, 0.1) is 5.69 Å². The van der Waals surface area contributed by atoms with Gasteiger partial charge in [-0.25, -0.2) is 0 Å². The third-order valence-corrected chi connectivity index (χ3v) is 2.61. The SMILES string of the molecule is C=C(Br)CNCc1ccn(C(C)CC)n1. The van der Waals surface area contributed by atoms with Crippen LogP contribution in [-0.4, -0.2) is 16.3 Å². The molecule has 0 spiro atoms. The van der Waals surface area contributed by atoms with Gasteiger partial charge >= 0.3 is 0 Å². The molecular weight excluding hydrogens is 254 g/mol. The average molecular weight is 272 g/mol. The lowest BCUT2D eigenvalue weighted by molar-refractivity contribution is 0.472. The van der Waals surface area contributed by atoms with Gasteiger partial charge in [0.1, 0.15) is 0 Å². The van der Waals surface area contributed by atoms with Gasteiger partial charge in [0.25, 0.3) is 0 Å². The molecule has 0 bridgehead atoms. The Morgan fingerprint density at radius 2 is 2.47 bits per heavy atom. The Balaban J connectivity index is 2.42. The Hall–Kier alpha value is -0.610. The number of hydrogen-bond donors (Lipinski definition) is 1. The van der Waals surface area contributed by atoms with Crippen molar-refractivity contribution in [3.05, 3.63) is 29.0 Å². The number of nitrogens with zero attached hydrogens (tertiary/aromatic N) is 2. The zero-order valence-corrected chi connectivity index (χ0v) is 10.9. The maximum absolute atomic E-state index is 4.49. The van der Waals surface area contributed by atoms with E-state index in [2.05, 4.69) is 52.8 Å². The standard InChI is InChI=1S/C11H18BrN3/c1-4-10(3)15-6-5-11(14-15)8-13-7-9(2)12/h5-6,10,13H,2,4,7-8H2,1,3H3. The first-order valence-electron chi connectivity index (χ1n) is 5.21. The highest BCUT2D eigenvalue weighted by Gasteiger charge is 2.03. The van der Waals surface area contributed by atoms with Crippen LogP contribution < -0.4 is 5.32 Å². The van der Waals surface area contributed by atoms with E-state index in [4.69, 9.17) is 0 Å². The third kappa shape index (κ3) is 4.18. The summed E-state index contributed by atoms with van der Waals surface area (Å²) in [4.78, 5) is 0. The van der Waals surface area contributed by atoms with Gasteiger partial charge in [-0.05, 0) is 19.4 Å². The van der Waals surface area contributed by atoms with E-state index in [1.54, 1.807) is 0 Å². The van der Waals surface area contributed by atoms with Crippen molar-refractivity contribution >= 4 is 15.9 Å². The summed E-state index contributed by atoms with van der Waals surface area (Å²) in [7, 11) is 0. The van der Waals surface area contributed by atoms with Crippen LogP contribution in [0.1, 0.15) is 32.0 Å². The van der Waals surface area contributed by atoms with Gasteiger partial charge in [0.2, 0.25) is 0 Å². The molecule has 1 aromatic rings. The fourth-order valence-corrected chi connectivity index (χ4v) is 1.43. The molecule has 1 atom stereocenters. The minimum atomic E-state index is 0.477. The van der Waals surface area contributed by atoms with Crippen LogP contribution in [0.25, 0.3) is 0 Å². The van der Waals surface area contributed by atoms with Crippen molar-refractivity contribution in [2.75, 3.05) is 6.54 Å². The molecule has 0 saturated heterocycles. The number of hydrogen-bond acceptors (Lipinski definition) is 2. The number of nitrogens with one attached hydrogen (secondary N) is 1. The molecule has 0 amide bonds. The molecule has 1 heterocycles. The van der Waals surface area contributed by atoms with Crippen LogP contribution in [0.2, 0.25) is 0 Å². The summed E-state index contributed by atoms with van der Waals surface area (Å²) < 4.78 is 2.98. The first kappa shape index (κ1) is 12.5. The molecule has 0 aliphatic carbocycles. The van der Waals surface area contributed by atoms with Gasteiger partial charge in [0.15, 0.2) is 0 Å². The van der Waals surface area contributed by atoms with E-state index in [1.165, 1.54) is 0 Å². The van der Waals surface area contributed by atoms with Crippen molar-refractivity contribution in [3.63, 3.8) is 0 Å². The van der Waals surface area contributed by atoms with Crippen LogP contribution in [0.15, 0.2) is 23.3 Å². The minimum Gasteiger partial charge on any atom is -0.306 e. The Kier molecular flexibility index (Phi) is 5.05. The largest absolute Gasteiger partial charge is 0.306 e. The van der Waals surface area contributed by atoms with Crippen molar-refractivity contribution < 1.29 is 0 Å². The molecule has 0 aliphatic heterocycles. The van der Waals surface area contributed by atoms with Crippen LogP contribution in [0.5, 0.6) is 0 Å². The van der Waals surface area contributed by atoms with E-state index in [1.807, 2.05) is 10.9 Å². The average Bonchev–Trinajstić information content (AvgIpc) is 2.65. The van der Waals surface area contributed by atoms with Gasteiger partial charge in [-0.3, -0.25) is 4.68 Å². The summed E-state index contributed by atoms with van der Waals surface area (Å²) in [5.41, 5.74) is 1.07. The zero-order chi connectivity index (χ0) is 11.3. The molecule has 15 heavy (non-hydrogen) atoms. The van der Waals surface area contributed by atoms with Crippen molar-refractivity contribution in [1.82, 2.24) is 15.1 Å². The summed E-state index contributed by atoms with van der Waals surface area (Å²) in [5.74, 6) is 0. The lowest BCUT2D eigenvalue weighted by atomic mass is 10.3. The highest BCUT2D eigenvalue weighted by atomic mass is 79.9. The van der Waals surface area contributed by atoms with Crippen LogP contribution in [0.4, 0.5) is 0 Å². The molecule has 4 heteroatoms. The molecule has 1 N–H and O–H groups in total. The molecule has 0 radical (unpaired) electrons. The molecule has 3 nitrogen and oxygen atoms in total. The van der Waals surface area contributed by atoms with E-state index in [0.29, 0.717) is 6.04 Å². The normalized spacial score (nSPS) is 12.7. The molecule has 1 unspecified atom stereocenters. The fraction of sp³-hybridized carbons (Fsp3) is 0.545. The van der Waals surface area contributed by atoms with Crippen LogP contribution in [-0.2, 0) is 6.54 Å². The molecule has 0 aliphatic rings. The van der Waals surface area contributed by atoms with Gasteiger partial charge in [0, 0.05) is 29.8 Å². The van der Waals surface area contributed by atoms with Crippen molar-refractivity contribution in [2.24, 2.45) is 0 Å². The Labute approximate surface area is 99.7 Å². The number of rotatable bonds is 6. The molecule has 1 aromatic heterocycles. The van der Waals surface area contributed by atoms with E-state index in [-0.39, 0.29) is 0 Å². The topological polar surface area (TPSA) is 29.9 Å². The Morgan fingerprint density at radius 3 is 3.07 bits per heavy atom. The second kappa shape index (κ2) is 6.08.